The van der Waals surface area contributed by atoms with Gasteiger partial charge in [0.2, 0.25) is 5.91 Å². The molecule has 116 valence electrons. The van der Waals surface area contributed by atoms with E-state index in [-0.39, 0.29) is 5.91 Å². The molecule has 1 aromatic carbocycles. The van der Waals surface area contributed by atoms with E-state index >= 15 is 0 Å². The van der Waals surface area contributed by atoms with E-state index in [0.29, 0.717) is 19.6 Å². The molecule has 1 unspecified atom stereocenters. The number of amides is 3. The Morgan fingerprint density at radius 3 is 2.33 bits per heavy atom. The molecule has 1 aromatic rings. The van der Waals surface area contributed by atoms with Gasteiger partial charge in [-0.3, -0.25) is 10.1 Å². The summed E-state index contributed by atoms with van der Waals surface area (Å²) in [5, 5.41) is 4.88. The van der Waals surface area contributed by atoms with E-state index in [1.54, 1.807) is 13.8 Å². The molecule has 0 fully saturated rings. The van der Waals surface area contributed by atoms with Crippen LogP contribution >= 0.6 is 0 Å². The summed E-state index contributed by atoms with van der Waals surface area (Å²) in [6.07, 6.45) is 0. The van der Waals surface area contributed by atoms with E-state index in [2.05, 4.69) is 10.6 Å². The summed E-state index contributed by atoms with van der Waals surface area (Å²) in [6.45, 7) is 7.16. The molecule has 3 amide bonds. The monoisotopic (exact) mass is 292 g/mol. The van der Waals surface area contributed by atoms with Crippen molar-refractivity contribution in [3.63, 3.8) is 0 Å². The summed E-state index contributed by atoms with van der Waals surface area (Å²) in [5.41, 5.74) is 7.54. The number of nitrogens with two attached hydrogens (primary N) is 1. The number of hydrogen-bond donors (Lipinski definition) is 3. The summed E-state index contributed by atoms with van der Waals surface area (Å²) >= 11 is 0. The van der Waals surface area contributed by atoms with Crippen LogP contribution in [0.3, 0.4) is 0 Å². The first kappa shape index (κ1) is 17.0. The number of benzene rings is 1. The van der Waals surface area contributed by atoms with E-state index in [1.165, 1.54) is 0 Å². The second kappa shape index (κ2) is 8.26. The Balaban J connectivity index is 2.77. The SMILES string of the molecule is CCNC(=O)NC(=O)C(C)N(CC)c1ccc(CN)cc1. The van der Waals surface area contributed by atoms with Crippen LogP contribution in [-0.4, -0.2) is 31.1 Å². The van der Waals surface area contributed by atoms with Crippen LogP contribution in [0.4, 0.5) is 10.5 Å². The van der Waals surface area contributed by atoms with Gasteiger partial charge in [-0.1, -0.05) is 12.1 Å². The van der Waals surface area contributed by atoms with Crippen molar-refractivity contribution < 1.29 is 9.59 Å². The molecule has 21 heavy (non-hydrogen) atoms. The highest BCUT2D eigenvalue weighted by atomic mass is 16.2. The van der Waals surface area contributed by atoms with Crippen molar-refractivity contribution in [1.29, 1.82) is 0 Å². The molecule has 6 nitrogen and oxygen atoms in total. The van der Waals surface area contributed by atoms with Crippen LogP contribution in [0.25, 0.3) is 0 Å². The third-order valence-electron chi connectivity index (χ3n) is 3.27. The number of carbonyl (C=O) groups excluding carboxylic acids is 2. The minimum atomic E-state index is -0.469. The molecule has 0 aliphatic rings. The Bertz CT molecular complexity index is 473. The van der Waals surface area contributed by atoms with Crippen LogP contribution in [0, 0.1) is 0 Å². The fourth-order valence-corrected chi connectivity index (χ4v) is 2.07. The highest BCUT2D eigenvalue weighted by Gasteiger charge is 2.21. The van der Waals surface area contributed by atoms with E-state index in [1.807, 2.05) is 36.1 Å². The Labute approximate surface area is 125 Å². The summed E-state index contributed by atoms with van der Waals surface area (Å²) < 4.78 is 0. The molecule has 6 heteroatoms. The van der Waals surface area contributed by atoms with Crippen molar-refractivity contribution in [2.75, 3.05) is 18.0 Å². The standard InChI is InChI=1S/C15H24N4O2/c1-4-17-15(21)18-14(20)11(3)19(5-2)13-8-6-12(10-16)7-9-13/h6-9,11H,4-5,10,16H2,1-3H3,(H2,17,18,20,21). The largest absolute Gasteiger partial charge is 0.360 e. The third kappa shape index (κ3) is 4.75. The zero-order chi connectivity index (χ0) is 15.8. The Hall–Kier alpha value is -2.08. The van der Waals surface area contributed by atoms with E-state index in [9.17, 15) is 9.59 Å². The third-order valence-corrected chi connectivity index (χ3v) is 3.27. The van der Waals surface area contributed by atoms with Gasteiger partial charge in [0, 0.05) is 25.3 Å². The van der Waals surface area contributed by atoms with Crippen molar-refractivity contribution in [1.82, 2.24) is 10.6 Å². The van der Waals surface area contributed by atoms with Gasteiger partial charge in [-0.05, 0) is 38.5 Å². The minimum absolute atomic E-state index is 0.328. The molecule has 0 spiro atoms. The Morgan fingerprint density at radius 1 is 1.24 bits per heavy atom. The lowest BCUT2D eigenvalue weighted by Crippen LogP contribution is -2.49. The van der Waals surface area contributed by atoms with Gasteiger partial charge < -0.3 is 16.0 Å². The van der Waals surface area contributed by atoms with Gasteiger partial charge in [0.05, 0.1) is 0 Å². The zero-order valence-electron chi connectivity index (χ0n) is 12.8. The summed E-state index contributed by atoms with van der Waals surface area (Å²) in [6, 6.07) is 6.83. The predicted octanol–water partition coefficient (Wildman–Crippen LogP) is 1.21. The first-order chi connectivity index (χ1) is 10.0. The second-order valence-corrected chi connectivity index (χ2v) is 4.68. The van der Waals surface area contributed by atoms with Crippen molar-refractivity contribution in [2.24, 2.45) is 5.73 Å². The fraction of sp³-hybridized carbons (Fsp3) is 0.467. The smallest absolute Gasteiger partial charge is 0.321 e. The number of rotatable bonds is 6. The number of anilines is 1. The van der Waals surface area contributed by atoms with Crippen molar-refractivity contribution in [3.05, 3.63) is 29.8 Å². The minimum Gasteiger partial charge on any atom is -0.360 e. The molecule has 0 saturated heterocycles. The second-order valence-electron chi connectivity index (χ2n) is 4.68. The van der Waals surface area contributed by atoms with Crippen molar-refractivity contribution in [3.8, 4) is 0 Å². The zero-order valence-corrected chi connectivity index (χ0v) is 12.8. The molecule has 0 aliphatic heterocycles. The van der Waals surface area contributed by atoms with Crippen LogP contribution in [0.5, 0.6) is 0 Å². The number of carbonyl (C=O) groups is 2. The molecule has 0 aromatic heterocycles. The van der Waals surface area contributed by atoms with E-state index in [4.69, 9.17) is 5.73 Å². The highest BCUT2D eigenvalue weighted by Crippen LogP contribution is 2.17. The van der Waals surface area contributed by atoms with Gasteiger partial charge in [-0.15, -0.1) is 0 Å². The molecule has 0 bridgehead atoms. The van der Waals surface area contributed by atoms with E-state index < -0.39 is 12.1 Å². The molecule has 0 heterocycles. The molecule has 4 N–H and O–H groups in total. The quantitative estimate of drug-likeness (QED) is 0.735. The first-order valence-electron chi connectivity index (χ1n) is 7.17. The van der Waals surface area contributed by atoms with Gasteiger partial charge in [-0.25, -0.2) is 4.79 Å². The van der Waals surface area contributed by atoms with Gasteiger partial charge in [0.15, 0.2) is 0 Å². The predicted molar refractivity (Wildman–Crippen MR) is 84.0 cm³/mol. The van der Waals surface area contributed by atoms with Crippen molar-refractivity contribution >= 4 is 17.6 Å². The Kier molecular flexibility index (Phi) is 6.68. The number of hydrogen-bond acceptors (Lipinski definition) is 4. The lowest BCUT2D eigenvalue weighted by Gasteiger charge is -2.29. The number of nitrogens with one attached hydrogen (secondary N) is 2. The average molecular weight is 292 g/mol. The summed E-state index contributed by atoms with van der Waals surface area (Å²) in [5.74, 6) is -0.328. The first-order valence-corrected chi connectivity index (χ1v) is 7.17. The van der Waals surface area contributed by atoms with E-state index in [0.717, 1.165) is 11.3 Å². The number of likely N-dealkylation sites (N-methyl/N-ethyl adjacent to an activating group) is 1. The maximum Gasteiger partial charge on any atom is 0.321 e. The lowest BCUT2D eigenvalue weighted by molar-refractivity contribution is -0.121. The molecule has 1 atom stereocenters. The lowest BCUT2D eigenvalue weighted by atomic mass is 10.1. The summed E-state index contributed by atoms with van der Waals surface area (Å²) in [4.78, 5) is 25.4. The van der Waals surface area contributed by atoms with Gasteiger partial charge in [0.25, 0.3) is 0 Å². The summed E-state index contributed by atoms with van der Waals surface area (Å²) in [7, 11) is 0. The van der Waals surface area contributed by atoms with Gasteiger partial charge in [-0.2, -0.15) is 0 Å². The van der Waals surface area contributed by atoms with Crippen LogP contribution < -0.4 is 21.3 Å². The van der Waals surface area contributed by atoms with Crippen molar-refractivity contribution in [2.45, 2.75) is 33.4 Å². The van der Waals surface area contributed by atoms with Crippen LogP contribution in [0.1, 0.15) is 26.3 Å². The maximum absolute atomic E-state index is 12.1. The molecule has 0 radical (unpaired) electrons. The van der Waals surface area contributed by atoms with Gasteiger partial charge in [0.1, 0.15) is 6.04 Å². The molecule has 0 aliphatic carbocycles. The van der Waals surface area contributed by atoms with Crippen LogP contribution in [0.2, 0.25) is 0 Å². The molecule has 0 saturated carbocycles. The van der Waals surface area contributed by atoms with Crippen LogP contribution in [-0.2, 0) is 11.3 Å². The number of urea groups is 1. The number of imide groups is 1. The molecular weight excluding hydrogens is 268 g/mol. The Morgan fingerprint density at radius 2 is 1.86 bits per heavy atom. The number of nitrogens with zero attached hydrogens (tertiary/aromatic N) is 1. The average Bonchev–Trinajstić information content (AvgIpc) is 2.48. The fourth-order valence-electron chi connectivity index (χ4n) is 2.07. The van der Waals surface area contributed by atoms with Crippen LogP contribution in [0.15, 0.2) is 24.3 Å². The maximum atomic E-state index is 12.1. The molecular formula is C15H24N4O2. The highest BCUT2D eigenvalue weighted by molar-refractivity contribution is 5.98. The van der Waals surface area contributed by atoms with Gasteiger partial charge >= 0.3 is 6.03 Å². The molecule has 1 rings (SSSR count). The topological polar surface area (TPSA) is 87.5 Å². The normalized spacial score (nSPS) is 11.6.